The van der Waals surface area contributed by atoms with E-state index in [1.165, 1.54) is 37.5 Å². The van der Waals surface area contributed by atoms with Crippen molar-refractivity contribution in [2.45, 2.75) is 90.4 Å². The normalized spacial score (nSPS) is 19.8. The Bertz CT molecular complexity index is 629. The molecule has 1 aliphatic carbocycles. The van der Waals surface area contributed by atoms with Gasteiger partial charge in [-0.2, -0.15) is 0 Å². The summed E-state index contributed by atoms with van der Waals surface area (Å²) in [5.74, 6) is -1.11. The second kappa shape index (κ2) is 13.5. The first kappa shape index (κ1) is 24.4. The summed E-state index contributed by atoms with van der Waals surface area (Å²) >= 11 is 0. The van der Waals surface area contributed by atoms with Crippen molar-refractivity contribution < 1.29 is 19.1 Å². The molecule has 1 aliphatic rings. The second-order valence-electron chi connectivity index (χ2n) is 8.69. The molecule has 0 radical (unpaired) electrons. The van der Waals surface area contributed by atoms with Gasteiger partial charge < -0.3 is 9.47 Å². The smallest absolute Gasteiger partial charge is 0.320 e. The van der Waals surface area contributed by atoms with Crippen molar-refractivity contribution >= 4 is 11.9 Å². The lowest BCUT2D eigenvalue weighted by Crippen LogP contribution is -2.36. The van der Waals surface area contributed by atoms with Crippen LogP contribution in [0.4, 0.5) is 0 Å². The van der Waals surface area contributed by atoms with Gasteiger partial charge in [-0.1, -0.05) is 63.8 Å². The maximum atomic E-state index is 12.6. The number of hydrogen-bond acceptors (Lipinski definition) is 4. The maximum absolute atomic E-state index is 12.6. The van der Waals surface area contributed by atoms with Gasteiger partial charge in [-0.25, -0.2) is 0 Å². The Morgan fingerprint density at radius 2 is 1.53 bits per heavy atom. The highest BCUT2D eigenvalue weighted by Crippen LogP contribution is 2.39. The van der Waals surface area contributed by atoms with E-state index in [4.69, 9.17) is 9.47 Å². The average molecular weight is 417 g/mol. The number of rotatable bonds is 12. The van der Waals surface area contributed by atoms with Crippen molar-refractivity contribution in [2.24, 2.45) is 11.8 Å². The quantitative estimate of drug-likeness (QED) is 0.231. The Morgan fingerprint density at radius 1 is 0.900 bits per heavy atom. The van der Waals surface area contributed by atoms with Crippen molar-refractivity contribution in [3.63, 3.8) is 0 Å². The highest BCUT2D eigenvalue weighted by atomic mass is 16.5. The zero-order valence-corrected chi connectivity index (χ0v) is 19.2. The highest BCUT2D eigenvalue weighted by molar-refractivity contribution is 5.95. The third-order valence-electron chi connectivity index (χ3n) is 6.46. The topological polar surface area (TPSA) is 52.6 Å². The van der Waals surface area contributed by atoms with Gasteiger partial charge in [-0.3, -0.25) is 9.59 Å². The van der Waals surface area contributed by atoms with Crippen LogP contribution in [0.3, 0.4) is 0 Å². The van der Waals surface area contributed by atoms with E-state index in [1.807, 2.05) is 0 Å². The Hall–Kier alpha value is -1.84. The average Bonchev–Trinajstić information content (AvgIpc) is 2.78. The number of esters is 2. The fraction of sp³-hybridized carbons (Fsp3) is 0.692. The summed E-state index contributed by atoms with van der Waals surface area (Å²) in [6.45, 7) is 4.73. The number of hydrogen-bond donors (Lipinski definition) is 0. The molecule has 4 heteroatoms. The number of methoxy groups -OCH3 is 1. The van der Waals surface area contributed by atoms with Gasteiger partial charge in [0.15, 0.2) is 5.92 Å². The van der Waals surface area contributed by atoms with Gasteiger partial charge in [-0.05, 0) is 67.9 Å². The van der Waals surface area contributed by atoms with Gasteiger partial charge in [0.05, 0.1) is 13.7 Å². The number of benzene rings is 1. The molecule has 0 aromatic heterocycles. The van der Waals surface area contributed by atoms with Crippen LogP contribution in [0.15, 0.2) is 24.3 Å². The Morgan fingerprint density at radius 3 is 2.13 bits per heavy atom. The first-order valence-corrected chi connectivity index (χ1v) is 11.9. The largest absolute Gasteiger partial charge is 0.468 e. The van der Waals surface area contributed by atoms with E-state index in [-0.39, 0.29) is 5.92 Å². The number of unbranched alkanes of at least 4 members (excludes halogenated alkanes) is 4. The number of carbonyl (C=O) groups excluding carboxylic acids is 2. The van der Waals surface area contributed by atoms with E-state index >= 15 is 0 Å². The fourth-order valence-corrected chi connectivity index (χ4v) is 4.54. The van der Waals surface area contributed by atoms with E-state index < -0.39 is 17.9 Å². The second-order valence-corrected chi connectivity index (χ2v) is 8.69. The lowest BCUT2D eigenvalue weighted by Gasteiger charge is -2.32. The van der Waals surface area contributed by atoms with Crippen molar-refractivity contribution in [1.82, 2.24) is 0 Å². The summed E-state index contributed by atoms with van der Waals surface area (Å²) in [5.41, 5.74) is 2.79. The maximum Gasteiger partial charge on any atom is 0.320 e. The summed E-state index contributed by atoms with van der Waals surface area (Å²) in [5, 5.41) is 0. The fourth-order valence-electron chi connectivity index (χ4n) is 4.54. The van der Waals surface area contributed by atoms with Crippen molar-refractivity contribution in [2.75, 3.05) is 13.7 Å². The van der Waals surface area contributed by atoms with Gasteiger partial charge in [0, 0.05) is 0 Å². The van der Waals surface area contributed by atoms with Crippen LogP contribution in [0.1, 0.15) is 95.1 Å². The van der Waals surface area contributed by atoms with Crippen molar-refractivity contribution in [3.05, 3.63) is 35.4 Å². The first-order chi connectivity index (χ1) is 14.6. The lowest BCUT2D eigenvalue weighted by atomic mass is 9.73. The summed E-state index contributed by atoms with van der Waals surface area (Å²) < 4.78 is 10.3. The van der Waals surface area contributed by atoms with Gasteiger partial charge in [0.25, 0.3) is 0 Å². The van der Waals surface area contributed by atoms with Crippen LogP contribution in [0.25, 0.3) is 0 Å². The molecule has 0 heterocycles. The minimum atomic E-state index is -0.779. The zero-order chi connectivity index (χ0) is 21.8. The summed E-state index contributed by atoms with van der Waals surface area (Å²) in [6.07, 6.45) is 11.6. The SMILES string of the molecule is CCCCCOC(=O)C(C(=O)OC)C1CCC(c2ccc(CCCCC)cc2)CC1. The Labute approximate surface area is 182 Å². The standard InChI is InChI=1S/C26H40O4/c1-4-6-8-10-20-11-13-21(14-12-20)22-15-17-23(18-16-22)24(25(27)29-3)26(28)30-19-9-7-5-2/h11-14,22-24H,4-10,15-19H2,1-3H3. The van der Waals surface area contributed by atoms with Crippen LogP contribution in [-0.4, -0.2) is 25.7 Å². The van der Waals surface area contributed by atoms with E-state index in [0.29, 0.717) is 12.5 Å². The first-order valence-electron chi connectivity index (χ1n) is 11.9. The molecule has 1 saturated carbocycles. The lowest BCUT2D eigenvalue weighted by molar-refractivity contribution is -0.164. The predicted molar refractivity (Wildman–Crippen MR) is 120 cm³/mol. The molecular weight excluding hydrogens is 376 g/mol. The molecule has 1 unspecified atom stereocenters. The number of carbonyl (C=O) groups is 2. The van der Waals surface area contributed by atoms with Crippen LogP contribution in [0.2, 0.25) is 0 Å². The van der Waals surface area contributed by atoms with Crippen molar-refractivity contribution in [3.8, 4) is 0 Å². The molecular formula is C26H40O4. The minimum absolute atomic E-state index is 0.0145. The third-order valence-corrected chi connectivity index (χ3v) is 6.46. The van der Waals surface area contributed by atoms with Crippen LogP contribution in [0, 0.1) is 11.8 Å². The van der Waals surface area contributed by atoms with E-state index in [2.05, 4.69) is 38.1 Å². The molecule has 0 bridgehead atoms. The van der Waals surface area contributed by atoms with E-state index in [1.54, 1.807) is 0 Å². The Balaban J connectivity index is 1.89. The molecule has 0 saturated heterocycles. The summed E-state index contributed by atoms with van der Waals surface area (Å²) in [4.78, 5) is 24.9. The van der Waals surface area contributed by atoms with Crippen LogP contribution < -0.4 is 0 Å². The molecule has 0 spiro atoms. The van der Waals surface area contributed by atoms with E-state index in [0.717, 1.165) is 51.4 Å². The number of ether oxygens (including phenoxy) is 2. The third kappa shape index (κ3) is 7.45. The van der Waals surface area contributed by atoms with Crippen LogP contribution in [-0.2, 0) is 25.5 Å². The molecule has 168 valence electrons. The molecule has 1 aromatic carbocycles. The molecule has 2 rings (SSSR count). The van der Waals surface area contributed by atoms with Crippen LogP contribution >= 0.6 is 0 Å². The molecule has 30 heavy (non-hydrogen) atoms. The van der Waals surface area contributed by atoms with Crippen molar-refractivity contribution in [1.29, 1.82) is 0 Å². The predicted octanol–water partition coefficient (Wildman–Crippen LogP) is 6.22. The molecule has 0 aliphatic heterocycles. The summed E-state index contributed by atoms with van der Waals surface area (Å²) in [6, 6.07) is 9.07. The molecule has 0 amide bonds. The number of aryl methyl sites for hydroxylation is 1. The summed E-state index contributed by atoms with van der Waals surface area (Å²) in [7, 11) is 1.35. The molecule has 1 atom stereocenters. The Kier molecular flexibility index (Phi) is 11.0. The molecule has 1 fully saturated rings. The van der Waals surface area contributed by atoms with Gasteiger partial charge in [0.2, 0.25) is 0 Å². The monoisotopic (exact) mass is 416 g/mol. The van der Waals surface area contributed by atoms with Gasteiger partial charge in [-0.15, -0.1) is 0 Å². The van der Waals surface area contributed by atoms with Crippen LogP contribution in [0.5, 0.6) is 0 Å². The highest BCUT2D eigenvalue weighted by Gasteiger charge is 2.39. The minimum Gasteiger partial charge on any atom is -0.468 e. The molecule has 1 aromatic rings. The van der Waals surface area contributed by atoms with Gasteiger partial charge >= 0.3 is 11.9 Å². The zero-order valence-electron chi connectivity index (χ0n) is 19.2. The van der Waals surface area contributed by atoms with Gasteiger partial charge in [0.1, 0.15) is 0 Å². The van der Waals surface area contributed by atoms with E-state index in [9.17, 15) is 9.59 Å². The molecule has 4 nitrogen and oxygen atoms in total. The molecule has 0 N–H and O–H groups in total.